The van der Waals surface area contributed by atoms with E-state index < -0.39 is 4.92 Å². The van der Waals surface area contributed by atoms with E-state index in [2.05, 4.69) is 15.5 Å². The van der Waals surface area contributed by atoms with Crippen LogP contribution in [0.5, 0.6) is 0 Å². The van der Waals surface area contributed by atoms with E-state index in [-0.39, 0.29) is 5.69 Å². The number of rotatable bonds is 5. The highest BCUT2D eigenvalue weighted by Crippen LogP contribution is 2.35. The van der Waals surface area contributed by atoms with Crippen LogP contribution >= 0.6 is 23.1 Å². The summed E-state index contributed by atoms with van der Waals surface area (Å²) in [5.41, 5.74) is 0.746. The third-order valence-electron chi connectivity index (χ3n) is 2.37. The number of nitro benzene ring substituents is 1. The van der Waals surface area contributed by atoms with E-state index in [4.69, 9.17) is 0 Å². The van der Waals surface area contributed by atoms with Crippen LogP contribution in [0, 0.1) is 10.1 Å². The van der Waals surface area contributed by atoms with Crippen LogP contribution < -0.4 is 10.2 Å². The van der Waals surface area contributed by atoms with Crippen LogP contribution in [-0.4, -0.2) is 36.3 Å². The molecule has 1 aromatic carbocycles. The highest BCUT2D eigenvalue weighted by Gasteiger charge is 2.13. The van der Waals surface area contributed by atoms with Crippen LogP contribution in [0.15, 0.2) is 27.4 Å². The lowest BCUT2D eigenvalue weighted by Gasteiger charge is -2.04. The molecule has 0 unspecified atom stereocenters. The van der Waals surface area contributed by atoms with Crippen LogP contribution in [0.2, 0.25) is 0 Å². The highest BCUT2D eigenvalue weighted by atomic mass is 32.2. The molecule has 0 bridgehead atoms. The van der Waals surface area contributed by atoms with Crippen LogP contribution in [0.1, 0.15) is 0 Å². The van der Waals surface area contributed by atoms with Crippen molar-refractivity contribution in [2.45, 2.75) is 9.24 Å². The van der Waals surface area contributed by atoms with Crippen LogP contribution in [0.4, 0.5) is 16.5 Å². The maximum Gasteiger partial charge on any atom is 0.272 e. The largest absolute Gasteiger partial charge is 0.388 e. The molecule has 1 heterocycles. The number of nitro groups is 1. The fourth-order valence-corrected chi connectivity index (χ4v) is 3.25. The lowest BCUT2D eigenvalue weighted by Crippen LogP contribution is -2.07. The van der Waals surface area contributed by atoms with Gasteiger partial charge in [-0.1, -0.05) is 23.1 Å². The molecule has 0 saturated carbocycles. The molecular weight excluding hydrogens is 298 g/mol. The molecule has 0 spiro atoms. The Morgan fingerprint density at radius 1 is 1.35 bits per heavy atom. The molecule has 1 N–H and O–H groups in total. The third-order valence-corrected chi connectivity index (χ3v) is 4.49. The first-order chi connectivity index (χ1) is 9.49. The van der Waals surface area contributed by atoms with Crippen molar-refractivity contribution in [3.63, 3.8) is 0 Å². The SMILES string of the molecule is CNc1cc(Sc2nnc(N(C)C)s2)cc([N+](=O)[O-])c1. The molecular formula is C11H13N5O2S2. The van der Waals surface area contributed by atoms with Gasteiger partial charge < -0.3 is 10.2 Å². The van der Waals surface area contributed by atoms with Crippen LogP contribution in [0.25, 0.3) is 0 Å². The fraction of sp³-hybridized carbons (Fsp3) is 0.273. The van der Waals surface area contributed by atoms with E-state index in [0.29, 0.717) is 5.69 Å². The van der Waals surface area contributed by atoms with Crippen LogP contribution in [-0.2, 0) is 0 Å². The molecule has 0 aliphatic rings. The molecule has 0 atom stereocenters. The molecule has 0 radical (unpaired) electrons. The monoisotopic (exact) mass is 311 g/mol. The zero-order valence-electron chi connectivity index (χ0n) is 11.2. The smallest absolute Gasteiger partial charge is 0.272 e. The number of hydrogen-bond donors (Lipinski definition) is 1. The topological polar surface area (TPSA) is 84.2 Å². The number of hydrogen-bond acceptors (Lipinski definition) is 8. The molecule has 0 fully saturated rings. The van der Waals surface area contributed by atoms with Crippen molar-refractivity contribution in [3.8, 4) is 0 Å². The fourth-order valence-electron chi connectivity index (χ4n) is 1.42. The summed E-state index contributed by atoms with van der Waals surface area (Å²) in [6.07, 6.45) is 0. The molecule has 0 aliphatic carbocycles. The summed E-state index contributed by atoms with van der Waals surface area (Å²) in [4.78, 5) is 13.1. The molecule has 20 heavy (non-hydrogen) atoms. The van der Waals surface area contributed by atoms with Gasteiger partial charge in [0.05, 0.1) is 4.92 Å². The first kappa shape index (κ1) is 14.5. The summed E-state index contributed by atoms with van der Waals surface area (Å²) in [5.74, 6) is 0. The van der Waals surface area contributed by atoms with Gasteiger partial charge in [-0.2, -0.15) is 0 Å². The molecule has 2 rings (SSSR count). The second-order valence-electron chi connectivity index (χ2n) is 4.07. The van der Waals surface area contributed by atoms with Gasteiger partial charge in [0.1, 0.15) is 0 Å². The van der Waals surface area contributed by atoms with E-state index in [1.165, 1.54) is 35.2 Å². The number of aromatic nitrogens is 2. The normalized spacial score (nSPS) is 10.3. The quantitative estimate of drug-likeness (QED) is 0.671. The van der Waals surface area contributed by atoms with Gasteiger partial charge >= 0.3 is 0 Å². The van der Waals surface area contributed by atoms with Gasteiger partial charge in [-0.15, -0.1) is 10.2 Å². The average molecular weight is 311 g/mol. The lowest BCUT2D eigenvalue weighted by molar-refractivity contribution is -0.385. The van der Waals surface area contributed by atoms with Crippen molar-refractivity contribution < 1.29 is 4.92 Å². The number of non-ortho nitro benzene ring substituents is 1. The zero-order valence-corrected chi connectivity index (χ0v) is 12.8. The maximum absolute atomic E-state index is 10.9. The molecule has 9 heteroatoms. The first-order valence-electron chi connectivity index (χ1n) is 5.65. The molecule has 7 nitrogen and oxygen atoms in total. The van der Waals surface area contributed by atoms with Gasteiger partial charge in [0.15, 0.2) is 4.34 Å². The van der Waals surface area contributed by atoms with E-state index in [1.807, 2.05) is 25.1 Å². The van der Waals surface area contributed by atoms with Gasteiger partial charge in [0, 0.05) is 43.9 Å². The minimum absolute atomic E-state index is 0.0525. The Labute approximate surface area is 124 Å². The van der Waals surface area contributed by atoms with Gasteiger partial charge in [0.2, 0.25) is 5.13 Å². The molecule has 0 saturated heterocycles. The molecule has 0 aliphatic heterocycles. The van der Waals surface area contributed by atoms with Crippen molar-refractivity contribution in [1.82, 2.24) is 10.2 Å². The van der Waals surface area contributed by atoms with Crippen molar-refractivity contribution in [3.05, 3.63) is 28.3 Å². The minimum Gasteiger partial charge on any atom is -0.388 e. The Morgan fingerprint density at radius 3 is 2.65 bits per heavy atom. The van der Waals surface area contributed by atoms with Gasteiger partial charge in [-0.05, 0) is 6.07 Å². The Hall–Kier alpha value is -1.87. The van der Waals surface area contributed by atoms with Crippen molar-refractivity contribution in [2.24, 2.45) is 0 Å². The standard InChI is InChI=1S/C11H13N5O2S2/c1-12-7-4-8(16(17)18)6-9(5-7)19-11-14-13-10(20-11)15(2)3/h4-6,12H,1-3H3. The Balaban J connectivity index is 2.27. The number of benzene rings is 1. The summed E-state index contributed by atoms with van der Waals surface area (Å²) in [6, 6.07) is 4.87. The molecule has 106 valence electrons. The van der Waals surface area contributed by atoms with Gasteiger partial charge in [-0.3, -0.25) is 10.1 Å². The summed E-state index contributed by atoms with van der Waals surface area (Å²) in [6.45, 7) is 0. The lowest BCUT2D eigenvalue weighted by atomic mass is 10.3. The molecule has 0 amide bonds. The van der Waals surface area contributed by atoms with E-state index in [0.717, 1.165) is 14.4 Å². The Bertz CT molecular complexity index is 629. The van der Waals surface area contributed by atoms with Gasteiger partial charge in [-0.25, -0.2) is 0 Å². The summed E-state index contributed by atoms with van der Waals surface area (Å²) in [5, 5.41) is 22.7. The highest BCUT2D eigenvalue weighted by molar-refractivity contribution is 8.01. The second kappa shape index (κ2) is 6.06. The first-order valence-corrected chi connectivity index (χ1v) is 7.29. The van der Waals surface area contributed by atoms with Crippen molar-refractivity contribution >= 4 is 39.6 Å². The van der Waals surface area contributed by atoms with E-state index in [1.54, 1.807) is 7.05 Å². The summed E-state index contributed by atoms with van der Waals surface area (Å²) < 4.78 is 0.747. The molecule has 2 aromatic rings. The minimum atomic E-state index is -0.406. The predicted molar refractivity (Wildman–Crippen MR) is 81.0 cm³/mol. The Kier molecular flexibility index (Phi) is 4.40. The van der Waals surface area contributed by atoms with E-state index >= 15 is 0 Å². The molecule has 1 aromatic heterocycles. The third kappa shape index (κ3) is 3.36. The zero-order chi connectivity index (χ0) is 14.7. The van der Waals surface area contributed by atoms with Crippen molar-refractivity contribution in [2.75, 3.05) is 31.4 Å². The number of nitrogens with one attached hydrogen (secondary N) is 1. The van der Waals surface area contributed by atoms with Gasteiger partial charge in [0.25, 0.3) is 5.69 Å². The Morgan fingerprint density at radius 2 is 2.10 bits per heavy atom. The maximum atomic E-state index is 10.9. The van der Waals surface area contributed by atoms with Crippen LogP contribution in [0.3, 0.4) is 0 Å². The summed E-state index contributed by atoms with van der Waals surface area (Å²) >= 11 is 2.80. The predicted octanol–water partition coefficient (Wildman–Crippen LogP) is 2.71. The van der Waals surface area contributed by atoms with Crippen molar-refractivity contribution in [1.29, 1.82) is 0 Å². The van der Waals surface area contributed by atoms with E-state index in [9.17, 15) is 10.1 Å². The number of anilines is 2. The second-order valence-corrected chi connectivity index (χ2v) is 6.35. The number of nitrogens with zero attached hydrogens (tertiary/aromatic N) is 4. The average Bonchev–Trinajstić information content (AvgIpc) is 2.87. The summed E-state index contributed by atoms with van der Waals surface area (Å²) in [7, 11) is 5.51.